The fourth-order valence-corrected chi connectivity index (χ4v) is 3.56. The van der Waals surface area contributed by atoms with E-state index < -0.39 is 0 Å². The summed E-state index contributed by atoms with van der Waals surface area (Å²) in [6, 6.07) is 10.6. The Kier molecular flexibility index (Phi) is 11.9. The molecule has 1 aromatic carbocycles. The van der Waals surface area contributed by atoms with Gasteiger partial charge in [0.2, 0.25) is 5.91 Å². The molecule has 0 aromatic heterocycles. The second-order valence-electron chi connectivity index (χ2n) is 7.27. The zero-order valence-corrected chi connectivity index (χ0v) is 19.6. The summed E-state index contributed by atoms with van der Waals surface area (Å²) in [7, 11) is 3.75. The molecule has 1 saturated heterocycles. The quantitative estimate of drug-likeness (QED) is 0.196. The van der Waals surface area contributed by atoms with Crippen LogP contribution in [0.15, 0.2) is 48.0 Å². The van der Waals surface area contributed by atoms with Gasteiger partial charge in [0.15, 0.2) is 5.96 Å². The lowest BCUT2D eigenvalue weighted by Gasteiger charge is -2.32. The molecule has 28 heavy (non-hydrogen) atoms. The van der Waals surface area contributed by atoms with E-state index in [1.54, 1.807) is 7.05 Å². The lowest BCUT2D eigenvalue weighted by Crippen LogP contribution is -2.47. The molecule has 0 atom stereocenters. The van der Waals surface area contributed by atoms with E-state index in [9.17, 15) is 4.79 Å². The number of rotatable bonds is 8. The van der Waals surface area contributed by atoms with Gasteiger partial charge in [-0.1, -0.05) is 36.4 Å². The molecule has 156 valence electrons. The van der Waals surface area contributed by atoms with Crippen molar-refractivity contribution in [2.45, 2.75) is 32.1 Å². The highest BCUT2D eigenvalue weighted by Crippen LogP contribution is 2.21. The maximum Gasteiger partial charge on any atom is 0.241 e. The van der Waals surface area contributed by atoms with E-state index in [0.29, 0.717) is 12.5 Å². The summed E-state index contributed by atoms with van der Waals surface area (Å²) in [5, 5.41) is 3.20. The summed E-state index contributed by atoms with van der Waals surface area (Å²) >= 11 is 0. The summed E-state index contributed by atoms with van der Waals surface area (Å²) in [6.45, 7) is 6.65. The van der Waals surface area contributed by atoms with Gasteiger partial charge in [0.25, 0.3) is 0 Å². The van der Waals surface area contributed by atoms with Crippen LogP contribution in [0.3, 0.4) is 0 Å². The SMILES string of the molecule is C=CCCCN(C)C(=NC)NCC(=O)N1CCC(Cc2ccccc2)CC1.I. The van der Waals surface area contributed by atoms with Gasteiger partial charge in [0.05, 0.1) is 6.54 Å². The number of carbonyl (C=O) groups excluding carboxylic acids is 1. The average molecular weight is 498 g/mol. The van der Waals surface area contributed by atoms with Gasteiger partial charge in [-0.2, -0.15) is 0 Å². The van der Waals surface area contributed by atoms with Crippen LogP contribution in [-0.2, 0) is 11.2 Å². The van der Waals surface area contributed by atoms with E-state index in [-0.39, 0.29) is 29.9 Å². The Hall–Kier alpha value is -1.57. The van der Waals surface area contributed by atoms with Gasteiger partial charge in [0, 0.05) is 33.7 Å². The Morgan fingerprint density at radius 3 is 2.61 bits per heavy atom. The van der Waals surface area contributed by atoms with Crippen LogP contribution in [0.5, 0.6) is 0 Å². The van der Waals surface area contributed by atoms with Crippen molar-refractivity contribution in [1.29, 1.82) is 0 Å². The molecule has 6 heteroatoms. The van der Waals surface area contributed by atoms with Crippen molar-refractivity contribution in [2.24, 2.45) is 10.9 Å². The molecular formula is C22H35IN4O. The van der Waals surface area contributed by atoms with E-state index in [2.05, 4.69) is 52.1 Å². The van der Waals surface area contributed by atoms with Crippen molar-refractivity contribution in [3.05, 3.63) is 48.6 Å². The maximum atomic E-state index is 12.5. The number of allylic oxidation sites excluding steroid dienone is 1. The third-order valence-electron chi connectivity index (χ3n) is 5.21. The van der Waals surface area contributed by atoms with Crippen LogP contribution < -0.4 is 5.32 Å². The Balaban J connectivity index is 0.00000392. The molecule has 1 aliphatic rings. The number of likely N-dealkylation sites (tertiary alicyclic amines) is 1. The van der Waals surface area contributed by atoms with E-state index in [1.807, 2.05) is 18.0 Å². The molecule has 0 spiro atoms. The molecule has 1 heterocycles. The molecule has 1 fully saturated rings. The molecule has 1 amide bonds. The maximum absolute atomic E-state index is 12.5. The highest BCUT2D eigenvalue weighted by Gasteiger charge is 2.23. The molecule has 1 aliphatic heterocycles. The second kappa shape index (κ2) is 13.6. The Morgan fingerprint density at radius 1 is 1.32 bits per heavy atom. The number of amides is 1. The van der Waals surface area contributed by atoms with Crippen LogP contribution in [0.4, 0.5) is 0 Å². The zero-order valence-electron chi connectivity index (χ0n) is 17.3. The summed E-state index contributed by atoms with van der Waals surface area (Å²) < 4.78 is 0. The monoisotopic (exact) mass is 498 g/mol. The van der Waals surface area contributed by atoms with Crippen LogP contribution in [0.25, 0.3) is 0 Å². The Bertz CT molecular complexity index is 612. The zero-order chi connectivity index (χ0) is 19.5. The summed E-state index contributed by atoms with van der Waals surface area (Å²) in [6.07, 6.45) is 7.22. The van der Waals surface area contributed by atoms with Gasteiger partial charge in [-0.05, 0) is 43.6 Å². The molecule has 1 aromatic rings. The molecule has 0 bridgehead atoms. The fraction of sp³-hybridized carbons (Fsp3) is 0.545. The topological polar surface area (TPSA) is 47.9 Å². The van der Waals surface area contributed by atoms with Gasteiger partial charge in [-0.25, -0.2) is 0 Å². The minimum Gasteiger partial charge on any atom is -0.347 e. The van der Waals surface area contributed by atoms with Crippen LogP contribution >= 0.6 is 24.0 Å². The van der Waals surface area contributed by atoms with Crippen LogP contribution in [0.1, 0.15) is 31.2 Å². The smallest absolute Gasteiger partial charge is 0.241 e. The number of benzene rings is 1. The lowest BCUT2D eigenvalue weighted by molar-refractivity contribution is -0.131. The predicted molar refractivity (Wildman–Crippen MR) is 128 cm³/mol. The minimum atomic E-state index is 0. The van der Waals surface area contributed by atoms with Gasteiger partial charge in [-0.3, -0.25) is 9.79 Å². The molecular weight excluding hydrogens is 463 g/mol. The molecule has 0 radical (unpaired) electrons. The third kappa shape index (κ3) is 8.20. The number of aliphatic imine (C=N–C) groups is 1. The standard InChI is InChI=1S/C22H34N4O.HI/c1-4-5-9-14-25(3)22(23-2)24-18-21(27)26-15-12-20(13-16-26)17-19-10-7-6-8-11-19;/h4,6-8,10-11,20H,1,5,9,12-18H2,2-3H3,(H,23,24);1H. The second-order valence-corrected chi connectivity index (χ2v) is 7.27. The first-order chi connectivity index (χ1) is 13.1. The van der Waals surface area contributed by atoms with E-state index >= 15 is 0 Å². The van der Waals surface area contributed by atoms with Crippen LogP contribution in [-0.4, -0.2) is 61.9 Å². The van der Waals surface area contributed by atoms with Gasteiger partial charge >= 0.3 is 0 Å². The molecule has 0 saturated carbocycles. The Morgan fingerprint density at radius 2 is 2.00 bits per heavy atom. The normalized spacial score (nSPS) is 14.9. The summed E-state index contributed by atoms with van der Waals surface area (Å²) in [5.41, 5.74) is 1.40. The third-order valence-corrected chi connectivity index (χ3v) is 5.21. The van der Waals surface area contributed by atoms with Crippen molar-refractivity contribution < 1.29 is 4.79 Å². The van der Waals surface area contributed by atoms with Crippen molar-refractivity contribution in [2.75, 3.05) is 40.3 Å². The number of halogens is 1. The van der Waals surface area contributed by atoms with Crippen molar-refractivity contribution in [1.82, 2.24) is 15.1 Å². The number of hydrogen-bond acceptors (Lipinski definition) is 2. The molecule has 0 unspecified atom stereocenters. The first-order valence-electron chi connectivity index (χ1n) is 9.98. The number of unbranched alkanes of at least 4 members (excludes halogenated alkanes) is 1. The van der Waals surface area contributed by atoms with Crippen molar-refractivity contribution in [3.8, 4) is 0 Å². The van der Waals surface area contributed by atoms with E-state index in [4.69, 9.17) is 0 Å². The lowest BCUT2D eigenvalue weighted by atomic mass is 9.90. The number of nitrogens with one attached hydrogen (secondary N) is 1. The largest absolute Gasteiger partial charge is 0.347 e. The number of hydrogen-bond donors (Lipinski definition) is 1. The summed E-state index contributed by atoms with van der Waals surface area (Å²) in [4.78, 5) is 20.9. The predicted octanol–water partition coefficient (Wildman–Crippen LogP) is 3.56. The first kappa shape index (κ1) is 24.5. The average Bonchev–Trinajstić information content (AvgIpc) is 2.70. The van der Waals surface area contributed by atoms with E-state index in [0.717, 1.165) is 57.7 Å². The minimum absolute atomic E-state index is 0. The number of nitrogens with zero attached hydrogens (tertiary/aromatic N) is 3. The van der Waals surface area contributed by atoms with Crippen molar-refractivity contribution >= 4 is 35.8 Å². The molecule has 2 rings (SSSR count). The van der Waals surface area contributed by atoms with Gasteiger partial charge < -0.3 is 15.1 Å². The first-order valence-corrected chi connectivity index (χ1v) is 9.98. The molecule has 5 nitrogen and oxygen atoms in total. The number of guanidine groups is 1. The van der Waals surface area contributed by atoms with Crippen LogP contribution in [0.2, 0.25) is 0 Å². The van der Waals surface area contributed by atoms with Gasteiger partial charge in [0.1, 0.15) is 0 Å². The summed E-state index contributed by atoms with van der Waals surface area (Å²) in [5.74, 6) is 1.60. The molecule has 0 aliphatic carbocycles. The van der Waals surface area contributed by atoms with Crippen LogP contribution in [0, 0.1) is 5.92 Å². The van der Waals surface area contributed by atoms with E-state index in [1.165, 1.54) is 5.56 Å². The molecule has 1 N–H and O–H groups in total. The number of carbonyl (C=O) groups is 1. The highest BCUT2D eigenvalue weighted by atomic mass is 127. The van der Waals surface area contributed by atoms with Crippen molar-refractivity contribution in [3.63, 3.8) is 0 Å². The fourth-order valence-electron chi connectivity index (χ4n) is 3.56. The highest BCUT2D eigenvalue weighted by molar-refractivity contribution is 14.0. The number of piperidine rings is 1. The van der Waals surface area contributed by atoms with Gasteiger partial charge in [-0.15, -0.1) is 30.6 Å². The Labute approximate surface area is 187 Å².